The normalized spacial score (nSPS) is 15.7. The second-order valence-corrected chi connectivity index (χ2v) is 8.36. The molecule has 2 aromatic rings. The van der Waals surface area contributed by atoms with Crippen molar-refractivity contribution in [3.8, 4) is 0 Å². The van der Waals surface area contributed by atoms with Crippen molar-refractivity contribution in [3.05, 3.63) is 45.8 Å². The van der Waals surface area contributed by atoms with Crippen LogP contribution in [0.25, 0.3) is 16.5 Å². The predicted molar refractivity (Wildman–Crippen MR) is 120 cm³/mol. The molecule has 0 saturated carbocycles. The molecule has 1 aromatic heterocycles. The van der Waals surface area contributed by atoms with E-state index in [1.807, 2.05) is 26.8 Å². The highest BCUT2D eigenvalue weighted by atomic mass is 32.2. The van der Waals surface area contributed by atoms with Crippen LogP contribution in [-0.4, -0.2) is 36.0 Å². The summed E-state index contributed by atoms with van der Waals surface area (Å²) in [5.41, 5.74) is 4.43. The molecule has 0 atom stereocenters. The minimum Gasteiger partial charge on any atom is -0.423 e. The summed E-state index contributed by atoms with van der Waals surface area (Å²) < 4.78 is 10.9. The number of likely N-dealkylation sites (N-methyl/N-ethyl adjacent to an activating group) is 1. The summed E-state index contributed by atoms with van der Waals surface area (Å²) in [7, 11) is 0. The summed E-state index contributed by atoms with van der Waals surface area (Å²) in [5.74, 6) is 0.649. The van der Waals surface area contributed by atoms with Gasteiger partial charge in [-0.2, -0.15) is 5.06 Å². The number of hydrogen-bond donors (Lipinski definition) is 0. The Bertz CT molecular complexity index is 963. The number of rotatable bonds is 8. The van der Waals surface area contributed by atoms with Crippen molar-refractivity contribution < 1.29 is 13.7 Å². The van der Waals surface area contributed by atoms with Crippen molar-refractivity contribution in [3.63, 3.8) is 0 Å². The van der Waals surface area contributed by atoms with Crippen LogP contribution in [0.5, 0.6) is 0 Å². The Balaban J connectivity index is 1.97. The molecule has 0 radical (unpaired) electrons. The van der Waals surface area contributed by atoms with Gasteiger partial charge >= 0.3 is 5.63 Å². The highest BCUT2D eigenvalue weighted by Gasteiger charge is 2.32. The van der Waals surface area contributed by atoms with E-state index in [9.17, 15) is 4.79 Å². The van der Waals surface area contributed by atoms with E-state index in [1.54, 1.807) is 5.06 Å². The fourth-order valence-electron chi connectivity index (χ4n) is 3.91. The van der Waals surface area contributed by atoms with Gasteiger partial charge in [-0.15, -0.1) is 9.32 Å². The van der Waals surface area contributed by atoms with Crippen molar-refractivity contribution in [1.29, 1.82) is 0 Å². The smallest absolute Gasteiger partial charge is 0.336 e. The first-order valence-corrected chi connectivity index (χ1v) is 11.0. The van der Waals surface area contributed by atoms with E-state index >= 15 is 0 Å². The summed E-state index contributed by atoms with van der Waals surface area (Å²) in [4.78, 5) is 19.5. The highest BCUT2D eigenvalue weighted by molar-refractivity contribution is 7.95. The Kier molecular flexibility index (Phi) is 6.73. The minimum atomic E-state index is -0.318. The number of nitrogens with zero attached hydrogens (tertiary/aromatic N) is 2. The molecule has 6 nitrogen and oxygen atoms in total. The van der Waals surface area contributed by atoms with Crippen LogP contribution in [0.3, 0.4) is 0 Å². The first-order valence-electron chi connectivity index (χ1n) is 10.1. The SMILES string of the molecule is CCN(CC)OOSCC1=CC(C)(C)N(CC)c2cc3oc(=O)cc(C)c3cc21. The van der Waals surface area contributed by atoms with Crippen LogP contribution in [-0.2, 0) is 9.32 Å². The minimum absolute atomic E-state index is 0.171. The number of fused-ring (bicyclic) bond motifs is 2. The molecule has 29 heavy (non-hydrogen) atoms. The third kappa shape index (κ3) is 4.53. The van der Waals surface area contributed by atoms with E-state index in [0.717, 1.165) is 41.8 Å². The summed E-state index contributed by atoms with van der Waals surface area (Å²) >= 11 is 1.28. The second-order valence-electron chi connectivity index (χ2n) is 7.70. The van der Waals surface area contributed by atoms with Crippen LogP contribution in [0.1, 0.15) is 45.7 Å². The topological polar surface area (TPSA) is 55.2 Å². The molecule has 0 amide bonds. The molecule has 0 spiro atoms. The van der Waals surface area contributed by atoms with E-state index < -0.39 is 0 Å². The lowest BCUT2D eigenvalue weighted by Crippen LogP contribution is -2.45. The maximum atomic E-state index is 11.9. The van der Waals surface area contributed by atoms with Gasteiger partial charge in [0.2, 0.25) is 0 Å². The number of aryl methyl sites for hydroxylation is 1. The molecule has 7 heteroatoms. The Morgan fingerprint density at radius 1 is 1.17 bits per heavy atom. The van der Waals surface area contributed by atoms with Gasteiger partial charge in [0.05, 0.1) is 5.54 Å². The molecule has 0 fully saturated rings. The predicted octanol–water partition coefficient (Wildman–Crippen LogP) is 4.96. The van der Waals surface area contributed by atoms with Crippen LogP contribution in [0.15, 0.2) is 33.5 Å². The summed E-state index contributed by atoms with van der Waals surface area (Å²) in [6.45, 7) is 14.9. The monoisotopic (exact) mass is 418 g/mol. The quantitative estimate of drug-likeness (QED) is 0.197. The van der Waals surface area contributed by atoms with Gasteiger partial charge in [-0.05, 0) is 58.7 Å². The van der Waals surface area contributed by atoms with E-state index in [-0.39, 0.29) is 11.2 Å². The third-order valence-corrected chi connectivity index (χ3v) is 5.93. The zero-order chi connectivity index (χ0) is 21.2. The van der Waals surface area contributed by atoms with E-state index in [4.69, 9.17) is 13.7 Å². The number of hydrogen-bond acceptors (Lipinski definition) is 7. The standard InChI is InChI=1S/C22H30N2O4S/c1-7-23(8-2)27-28-29-14-16-13-22(5,6)24(9-3)19-12-20-17(11-18(16)19)15(4)10-21(25)26-20/h10-13H,7-9,14H2,1-6H3. The molecule has 0 bridgehead atoms. The number of hydroxylamine groups is 2. The lowest BCUT2D eigenvalue weighted by molar-refractivity contribution is -0.357. The van der Waals surface area contributed by atoms with Gasteiger partial charge in [-0.1, -0.05) is 6.08 Å². The Morgan fingerprint density at radius 2 is 1.90 bits per heavy atom. The lowest BCUT2D eigenvalue weighted by Gasteiger charge is -2.43. The molecule has 0 saturated heterocycles. The average Bonchev–Trinajstić information content (AvgIpc) is 2.66. The second kappa shape index (κ2) is 8.92. The van der Waals surface area contributed by atoms with Gasteiger partial charge < -0.3 is 9.32 Å². The van der Waals surface area contributed by atoms with E-state index in [1.165, 1.54) is 23.7 Å². The zero-order valence-corrected chi connectivity index (χ0v) is 18.9. The highest BCUT2D eigenvalue weighted by Crippen LogP contribution is 2.42. The van der Waals surface area contributed by atoms with Gasteiger partial charge in [-0.3, -0.25) is 0 Å². The molecule has 1 aliphatic heterocycles. The van der Waals surface area contributed by atoms with Crippen molar-refractivity contribution in [2.24, 2.45) is 0 Å². The molecule has 2 heterocycles. The molecule has 0 N–H and O–H groups in total. The fraction of sp³-hybridized carbons (Fsp3) is 0.500. The van der Waals surface area contributed by atoms with Crippen LogP contribution in [0.2, 0.25) is 0 Å². The molecule has 1 aromatic carbocycles. The first-order chi connectivity index (χ1) is 13.8. The molecule has 1 aliphatic rings. The molecular weight excluding hydrogens is 388 g/mol. The first kappa shape index (κ1) is 21.9. The lowest BCUT2D eigenvalue weighted by atomic mass is 9.87. The van der Waals surface area contributed by atoms with Crippen molar-refractivity contribution in [2.45, 2.75) is 47.1 Å². The van der Waals surface area contributed by atoms with Crippen molar-refractivity contribution in [2.75, 3.05) is 30.3 Å². The number of benzene rings is 1. The third-order valence-electron chi connectivity index (χ3n) is 5.35. The largest absolute Gasteiger partial charge is 0.423 e. The molecule has 158 valence electrons. The van der Waals surface area contributed by atoms with Crippen LogP contribution in [0, 0.1) is 6.92 Å². The molecule has 0 unspecified atom stereocenters. The van der Waals surface area contributed by atoms with Crippen molar-refractivity contribution in [1.82, 2.24) is 5.06 Å². The summed E-state index contributed by atoms with van der Waals surface area (Å²) in [6, 6.07) is 5.66. The molecule has 0 aliphatic carbocycles. The van der Waals surface area contributed by atoms with Gasteiger partial charge in [0.1, 0.15) is 5.58 Å². The van der Waals surface area contributed by atoms with Gasteiger partial charge in [0.25, 0.3) is 0 Å². The van der Waals surface area contributed by atoms with Crippen LogP contribution >= 0.6 is 12.0 Å². The Hall–Kier alpha value is -1.80. The maximum absolute atomic E-state index is 11.9. The number of anilines is 1. The van der Waals surface area contributed by atoms with Gasteiger partial charge in [0, 0.05) is 66.2 Å². The molecular formula is C22H30N2O4S. The molecule has 3 rings (SSSR count). The maximum Gasteiger partial charge on any atom is 0.336 e. The fourth-order valence-corrected chi connectivity index (χ4v) is 4.45. The van der Waals surface area contributed by atoms with E-state index in [2.05, 4.69) is 37.8 Å². The van der Waals surface area contributed by atoms with Crippen molar-refractivity contribution >= 4 is 34.3 Å². The Labute approximate surface area is 176 Å². The Morgan fingerprint density at radius 3 is 2.55 bits per heavy atom. The average molecular weight is 419 g/mol. The summed E-state index contributed by atoms with van der Waals surface area (Å²) in [5, 5.41) is 2.70. The zero-order valence-electron chi connectivity index (χ0n) is 18.1. The van der Waals surface area contributed by atoms with Gasteiger partial charge in [0.15, 0.2) is 0 Å². The van der Waals surface area contributed by atoms with Crippen LogP contribution in [0.4, 0.5) is 5.69 Å². The van der Waals surface area contributed by atoms with Gasteiger partial charge in [-0.25, -0.2) is 4.79 Å². The van der Waals surface area contributed by atoms with E-state index in [0.29, 0.717) is 11.3 Å². The summed E-state index contributed by atoms with van der Waals surface area (Å²) in [6.07, 6.45) is 2.28. The van der Waals surface area contributed by atoms with Crippen LogP contribution < -0.4 is 10.5 Å².